The quantitative estimate of drug-likeness (QED) is 0.643. The Hall–Kier alpha value is -2.92. The zero-order valence-corrected chi connectivity index (χ0v) is 14.3. The Morgan fingerprint density at radius 2 is 1.80 bits per heavy atom. The molecule has 128 valence electrons. The van der Waals surface area contributed by atoms with Gasteiger partial charge in [-0.3, -0.25) is 0 Å². The van der Waals surface area contributed by atoms with Gasteiger partial charge in [-0.05, 0) is 36.2 Å². The molecule has 1 heterocycles. The molecule has 0 saturated carbocycles. The Morgan fingerprint density at radius 1 is 1.08 bits per heavy atom. The van der Waals surface area contributed by atoms with E-state index in [2.05, 4.69) is 12.0 Å². The first-order chi connectivity index (χ1) is 12.2. The maximum Gasteiger partial charge on any atom is 0.344 e. The highest BCUT2D eigenvalue weighted by atomic mass is 16.5. The number of nitrogens with zero attached hydrogens (tertiary/aromatic N) is 2. The molecule has 0 unspecified atom stereocenters. The van der Waals surface area contributed by atoms with Crippen molar-refractivity contribution in [2.45, 2.75) is 20.0 Å². The Kier molecular flexibility index (Phi) is 5.26. The lowest BCUT2D eigenvalue weighted by molar-refractivity contribution is 0.0723. The van der Waals surface area contributed by atoms with Gasteiger partial charge in [0, 0.05) is 13.2 Å². The number of aromatic nitrogens is 2. The van der Waals surface area contributed by atoms with Crippen molar-refractivity contribution in [3.63, 3.8) is 0 Å². The van der Waals surface area contributed by atoms with Crippen LogP contribution in [0.5, 0.6) is 5.88 Å². The molecule has 0 amide bonds. The normalized spacial score (nSPS) is 10.6. The molecule has 0 radical (unpaired) electrons. The molecule has 0 spiro atoms. The number of methoxy groups -OCH3 is 1. The van der Waals surface area contributed by atoms with E-state index in [1.54, 1.807) is 30.0 Å². The topological polar surface area (TPSA) is 53.4 Å². The molecule has 5 nitrogen and oxygen atoms in total. The fraction of sp³-hybridized carbons (Fsp3) is 0.200. The monoisotopic (exact) mass is 336 g/mol. The summed E-state index contributed by atoms with van der Waals surface area (Å²) in [4.78, 5) is 12.5. The van der Waals surface area contributed by atoms with Crippen LogP contribution in [0.4, 0.5) is 0 Å². The van der Waals surface area contributed by atoms with E-state index in [4.69, 9.17) is 9.47 Å². The van der Waals surface area contributed by atoms with E-state index in [0.29, 0.717) is 23.7 Å². The van der Waals surface area contributed by atoms with Crippen molar-refractivity contribution in [1.29, 1.82) is 0 Å². The van der Waals surface area contributed by atoms with Crippen molar-refractivity contribution in [1.82, 2.24) is 9.78 Å². The highest BCUT2D eigenvalue weighted by molar-refractivity contribution is 5.91. The number of benzene rings is 2. The van der Waals surface area contributed by atoms with Crippen LogP contribution in [0.15, 0.2) is 60.7 Å². The van der Waals surface area contributed by atoms with Crippen molar-refractivity contribution >= 4 is 5.97 Å². The van der Waals surface area contributed by atoms with Crippen molar-refractivity contribution in [3.8, 4) is 11.6 Å². The highest BCUT2D eigenvalue weighted by Gasteiger charge is 2.16. The van der Waals surface area contributed by atoms with Crippen LogP contribution in [-0.4, -0.2) is 22.9 Å². The number of hydrogen-bond acceptors (Lipinski definition) is 4. The fourth-order valence-electron chi connectivity index (χ4n) is 2.49. The number of carbonyl (C=O) groups excluding carboxylic acids is 1. The maximum atomic E-state index is 12.5. The fourth-order valence-corrected chi connectivity index (χ4v) is 2.49. The Balaban J connectivity index is 1.88. The van der Waals surface area contributed by atoms with Crippen LogP contribution in [0.2, 0.25) is 0 Å². The van der Waals surface area contributed by atoms with Crippen molar-refractivity contribution in [2.75, 3.05) is 7.11 Å². The molecule has 1 aromatic heterocycles. The lowest BCUT2D eigenvalue weighted by atomic mass is 10.1. The van der Waals surface area contributed by atoms with Crippen LogP contribution in [0.1, 0.15) is 28.5 Å². The van der Waals surface area contributed by atoms with Gasteiger partial charge in [0.05, 0.1) is 23.6 Å². The summed E-state index contributed by atoms with van der Waals surface area (Å²) in [6.07, 6.45) is 0.927. The molecule has 3 aromatic rings. The summed E-state index contributed by atoms with van der Waals surface area (Å²) < 4.78 is 12.3. The Bertz CT molecular complexity index is 839. The van der Waals surface area contributed by atoms with Gasteiger partial charge in [-0.25, -0.2) is 9.48 Å². The number of hydrogen-bond donors (Lipinski definition) is 0. The van der Waals surface area contributed by atoms with E-state index in [0.717, 1.165) is 12.1 Å². The van der Waals surface area contributed by atoms with Gasteiger partial charge >= 0.3 is 5.97 Å². The van der Waals surface area contributed by atoms with Crippen LogP contribution in [0.25, 0.3) is 5.69 Å². The average Bonchev–Trinajstić information content (AvgIpc) is 3.05. The predicted molar refractivity (Wildman–Crippen MR) is 95.1 cm³/mol. The van der Waals surface area contributed by atoms with Crippen LogP contribution < -0.4 is 4.74 Å². The second-order valence-corrected chi connectivity index (χ2v) is 5.59. The lowest BCUT2D eigenvalue weighted by Crippen LogP contribution is -2.11. The second kappa shape index (κ2) is 7.77. The number of aryl methyl sites for hydroxylation is 1. The summed E-state index contributed by atoms with van der Waals surface area (Å²) in [6, 6.07) is 18.7. The number of ether oxygens (including phenoxy) is 2. The van der Waals surface area contributed by atoms with Gasteiger partial charge in [-0.15, -0.1) is 0 Å². The number of para-hydroxylation sites is 1. The smallest absolute Gasteiger partial charge is 0.344 e. The summed E-state index contributed by atoms with van der Waals surface area (Å²) in [7, 11) is 1.60. The first-order valence-electron chi connectivity index (χ1n) is 8.15. The van der Waals surface area contributed by atoms with Crippen molar-refractivity contribution in [3.05, 3.63) is 77.5 Å². The number of rotatable bonds is 6. The van der Waals surface area contributed by atoms with E-state index in [9.17, 15) is 4.79 Å². The third-order valence-corrected chi connectivity index (χ3v) is 3.82. The summed E-state index contributed by atoms with van der Waals surface area (Å²) in [5, 5.41) is 4.46. The molecule has 0 fully saturated rings. The SMILES string of the molecule is CCc1ccc(C(=O)Oc2cc(COC)nn2-c2ccccc2)cc1. The van der Waals surface area contributed by atoms with Gasteiger partial charge in [0.25, 0.3) is 0 Å². The Labute approximate surface area is 146 Å². The van der Waals surface area contributed by atoms with Gasteiger partial charge < -0.3 is 9.47 Å². The van der Waals surface area contributed by atoms with E-state index in [1.165, 1.54) is 5.56 Å². The van der Waals surface area contributed by atoms with Crippen LogP contribution in [0, 0.1) is 0 Å². The number of carbonyl (C=O) groups is 1. The maximum absolute atomic E-state index is 12.5. The minimum Gasteiger partial charge on any atom is -0.404 e. The third-order valence-electron chi connectivity index (χ3n) is 3.82. The molecule has 0 bridgehead atoms. The minimum absolute atomic E-state index is 0.343. The molecule has 2 aromatic carbocycles. The molecule has 0 saturated heterocycles. The predicted octanol–water partition coefficient (Wildman–Crippen LogP) is 3.80. The third kappa shape index (κ3) is 3.95. The largest absolute Gasteiger partial charge is 0.404 e. The van der Waals surface area contributed by atoms with Crippen LogP contribution in [0.3, 0.4) is 0 Å². The molecule has 25 heavy (non-hydrogen) atoms. The van der Waals surface area contributed by atoms with E-state index >= 15 is 0 Å². The molecular formula is C20H20N2O3. The standard InChI is InChI=1S/C20H20N2O3/c1-3-15-9-11-16(12-10-15)20(23)25-19-13-17(14-24-2)21-22(19)18-7-5-4-6-8-18/h4-13H,3,14H2,1-2H3. The molecule has 0 aliphatic heterocycles. The van der Waals surface area contributed by atoms with Gasteiger partial charge in [0.2, 0.25) is 5.88 Å². The summed E-state index contributed by atoms with van der Waals surface area (Å²) in [6.45, 7) is 2.42. The van der Waals surface area contributed by atoms with E-state index < -0.39 is 5.97 Å². The molecule has 5 heteroatoms. The lowest BCUT2D eigenvalue weighted by Gasteiger charge is -2.08. The van der Waals surface area contributed by atoms with Gasteiger partial charge in [0.1, 0.15) is 0 Å². The molecule has 0 aliphatic rings. The van der Waals surface area contributed by atoms with Gasteiger partial charge in [-0.1, -0.05) is 37.3 Å². The molecule has 0 atom stereocenters. The molecule has 3 rings (SSSR count). The van der Waals surface area contributed by atoms with E-state index in [-0.39, 0.29) is 0 Å². The first-order valence-corrected chi connectivity index (χ1v) is 8.15. The highest BCUT2D eigenvalue weighted by Crippen LogP contribution is 2.21. The second-order valence-electron chi connectivity index (χ2n) is 5.59. The summed E-state index contributed by atoms with van der Waals surface area (Å²) >= 11 is 0. The van der Waals surface area contributed by atoms with Crippen molar-refractivity contribution < 1.29 is 14.3 Å². The Morgan fingerprint density at radius 3 is 2.44 bits per heavy atom. The minimum atomic E-state index is -0.413. The molecule has 0 N–H and O–H groups in total. The van der Waals surface area contributed by atoms with Crippen LogP contribution >= 0.6 is 0 Å². The van der Waals surface area contributed by atoms with Crippen LogP contribution in [-0.2, 0) is 17.8 Å². The first kappa shape index (κ1) is 16.9. The molecule has 0 aliphatic carbocycles. The summed E-state index contributed by atoms with van der Waals surface area (Å²) in [5.74, 6) is -0.0495. The zero-order valence-electron chi connectivity index (χ0n) is 14.3. The van der Waals surface area contributed by atoms with Gasteiger partial charge in [-0.2, -0.15) is 5.10 Å². The summed E-state index contributed by atoms with van der Waals surface area (Å²) in [5.41, 5.74) is 3.18. The van der Waals surface area contributed by atoms with Crippen molar-refractivity contribution in [2.24, 2.45) is 0 Å². The van der Waals surface area contributed by atoms with E-state index in [1.807, 2.05) is 42.5 Å². The molecular weight excluding hydrogens is 316 g/mol. The zero-order chi connectivity index (χ0) is 17.6. The number of esters is 1. The van der Waals surface area contributed by atoms with Gasteiger partial charge in [0.15, 0.2) is 0 Å². The average molecular weight is 336 g/mol.